The number of aromatic nitrogens is 2. The maximum atomic E-state index is 4.07. The molecule has 0 saturated carbocycles. The summed E-state index contributed by atoms with van der Waals surface area (Å²) >= 11 is 0. The van der Waals surface area contributed by atoms with Crippen LogP contribution >= 0.6 is 0 Å². The zero-order valence-corrected chi connectivity index (χ0v) is 7.39. The van der Waals surface area contributed by atoms with Crippen molar-refractivity contribution in [3.05, 3.63) is 23.9 Å². The van der Waals surface area contributed by atoms with Gasteiger partial charge in [0.05, 0.1) is 5.69 Å². The minimum absolute atomic E-state index is 0.850. The van der Waals surface area contributed by atoms with Crippen LogP contribution in [0.15, 0.2) is 12.7 Å². The Morgan fingerprint density at radius 3 is 2.83 bits per heavy atom. The van der Waals surface area contributed by atoms with Crippen LogP contribution in [0.3, 0.4) is 0 Å². The van der Waals surface area contributed by atoms with Crippen LogP contribution in [0.2, 0.25) is 0 Å². The van der Waals surface area contributed by atoms with Crippen molar-refractivity contribution in [1.82, 2.24) is 10.2 Å². The van der Waals surface area contributed by atoms with Crippen molar-refractivity contribution >= 4 is 18.0 Å². The Labute approximate surface area is 72.2 Å². The minimum Gasteiger partial charge on any atom is -0.371 e. The summed E-state index contributed by atoms with van der Waals surface area (Å²) in [5.41, 5.74) is 1.99. The molecule has 0 atom stereocenters. The Morgan fingerprint density at radius 2 is 2.33 bits per heavy atom. The molecule has 0 saturated heterocycles. The second-order valence-electron chi connectivity index (χ2n) is 2.35. The molecule has 3 heteroatoms. The van der Waals surface area contributed by atoms with Gasteiger partial charge in [0.2, 0.25) is 0 Å². The molecule has 0 aromatic carbocycles. The SMILES string of the molecule is C=Cc1[nH]nc(NC)c1/C=C\C. The van der Waals surface area contributed by atoms with Crippen molar-refractivity contribution in [2.75, 3.05) is 12.4 Å². The monoisotopic (exact) mass is 163 g/mol. The summed E-state index contributed by atoms with van der Waals surface area (Å²) in [7, 11) is 1.84. The molecule has 0 aliphatic carbocycles. The van der Waals surface area contributed by atoms with Crippen LogP contribution in [0, 0.1) is 0 Å². The highest BCUT2D eigenvalue weighted by molar-refractivity contribution is 5.71. The molecule has 0 radical (unpaired) electrons. The fourth-order valence-electron chi connectivity index (χ4n) is 1.05. The van der Waals surface area contributed by atoms with Crippen LogP contribution < -0.4 is 5.32 Å². The summed E-state index contributed by atoms with van der Waals surface area (Å²) in [5, 5.41) is 9.94. The maximum absolute atomic E-state index is 4.07. The van der Waals surface area contributed by atoms with Crippen LogP contribution in [0.25, 0.3) is 12.2 Å². The zero-order valence-electron chi connectivity index (χ0n) is 7.39. The molecule has 0 fully saturated rings. The minimum atomic E-state index is 0.850. The molecular formula is C9H13N3. The fraction of sp³-hybridized carbons (Fsp3) is 0.222. The number of hydrogen-bond donors (Lipinski definition) is 2. The number of nitrogens with zero attached hydrogens (tertiary/aromatic N) is 1. The smallest absolute Gasteiger partial charge is 0.155 e. The number of aromatic amines is 1. The lowest BCUT2D eigenvalue weighted by atomic mass is 10.2. The second-order valence-corrected chi connectivity index (χ2v) is 2.35. The molecule has 1 heterocycles. The van der Waals surface area contributed by atoms with E-state index in [1.54, 1.807) is 6.08 Å². The van der Waals surface area contributed by atoms with Crippen LogP contribution in [0.5, 0.6) is 0 Å². The van der Waals surface area contributed by atoms with Crippen molar-refractivity contribution in [2.24, 2.45) is 0 Å². The van der Waals surface area contributed by atoms with E-state index in [0.29, 0.717) is 0 Å². The van der Waals surface area contributed by atoms with E-state index in [1.807, 2.05) is 26.1 Å². The first-order valence-corrected chi connectivity index (χ1v) is 3.84. The molecule has 64 valence electrons. The summed E-state index contributed by atoms with van der Waals surface area (Å²) in [5.74, 6) is 0.850. The Morgan fingerprint density at radius 1 is 1.58 bits per heavy atom. The van der Waals surface area contributed by atoms with Gasteiger partial charge in [-0.25, -0.2) is 0 Å². The third-order valence-electron chi connectivity index (χ3n) is 1.61. The van der Waals surface area contributed by atoms with Gasteiger partial charge in [0.1, 0.15) is 0 Å². The third kappa shape index (κ3) is 1.39. The maximum Gasteiger partial charge on any atom is 0.155 e. The molecule has 1 aromatic heterocycles. The first-order valence-electron chi connectivity index (χ1n) is 3.84. The first kappa shape index (κ1) is 8.59. The summed E-state index contributed by atoms with van der Waals surface area (Å²) in [4.78, 5) is 0. The normalized spacial score (nSPS) is 10.5. The fourth-order valence-corrected chi connectivity index (χ4v) is 1.05. The summed E-state index contributed by atoms with van der Waals surface area (Å²) in [6.07, 6.45) is 5.72. The van der Waals surface area contributed by atoms with E-state index in [2.05, 4.69) is 22.1 Å². The quantitative estimate of drug-likeness (QED) is 0.716. The predicted octanol–water partition coefficient (Wildman–Crippen LogP) is 2.13. The van der Waals surface area contributed by atoms with Gasteiger partial charge < -0.3 is 5.32 Å². The molecule has 0 aliphatic rings. The number of anilines is 1. The standard InChI is InChI=1S/C9H13N3/c1-4-6-7-8(5-2)11-12-9(7)10-3/h4-6H,2H2,1,3H3,(H2,10,11,12)/b6-4-. The van der Waals surface area contributed by atoms with Gasteiger partial charge in [0.15, 0.2) is 5.82 Å². The lowest BCUT2D eigenvalue weighted by Crippen LogP contribution is -1.89. The number of H-pyrrole nitrogens is 1. The van der Waals surface area contributed by atoms with Crippen molar-refractivity contribution in [1.29, 1.82) is 0 Å². The lowest BCUT2D eigenvalue weighted by molar-refractivity contribution is 1.08. The molecule has 0 aliphatic heterocycles. The average Bonchev–Trinajstić information content (AvgIpc) is 2.48. The van der Waals surface area contributed by atoms with Gasteiger partial charge in [-0.2, -0.15) is 5.10 Å². The van der Waals surface area contributed by atoms with Crippen molar-refractivity contribution in [3.8, 4) is 0 Å². The highest BCUT2D eigenvalue weighted by Crippen LogP contribution is 2.18. The molecule has 0 bridgehead atoms. The first-order chi connectivity index (χ1) is 5.83. The molecule has 2 N–H and O–H groups in total. The summed E-state index contributed by atoms with van der Waals surface area (Å²) in [6.45, 7) is 5.66. The van der Waals surface area contributed by atoms with Crippen LogP contribution in [-0.4, -0.2) is 17.2 Å². The molecule has 0 amide bonds. The molecular weight excluding hydrogens is 150 g/mol. The molecule has 3 nitrogen and oxygen atoms in total. The van der Waals surface area contributed by atoms with Gasteiger partial charge in [-0.3, -0.25) is 5.10 Å². The second kappa shape index (κ2) is 3.76. The Balaban J connectivity index is 3.15. The number of allylic oxidation sites excluding steroid dienone is 1. The van der Waals surface area contributed by atoms with Crippen LogP contribution in [-0.2, 0) is 0 Å². The van der Waals surface area contributed by atoms with Gasteiger partial charge in [-0.1, -0.05) is 18.7 Å². The molecule has 1 aromatic rings. The van der Waals surface area contributed by atoms with E-state index in [-0.39, 0.29) is 0 Å². The van der Waals surface area contributed by atoms with Gasteiger partial charge >= 0.3 is 0 Å². The third-order valence-corrected chi connectivity index (χ3v) is 1.61. The number of nitrogens with one attached hydrogen (secondary N) is 2. The van der Waals surface area contributed by atoms with E-state index in [4.69, 9.17) is 0 Å². The lowest BCUT2D eigenvalue weighted by Gasteiger charge is -1.95. The summed E-state index contributed by atoms with van der Waals surface area (Å²) in [6, 6.07) is 0. The van der Waals surface area contributed by atoms with Crippen LogP contribution in [0.1, 0.15) is 18.2 Å². The van der Waals surface area contributed by atoms with Gasteiger partial charge in [0, 0.05) is 12.6 Å². The van der Waals surface area contributed by atoms with Gasteiger partial charge in [0.25, 0.3) is 0 Å². The highest BCUT2D eigenvalue weighted by Gasteiger charge is 2.04. The highest BCUT2D eigenvalue weighted by atomic mass is 15.2. The largest absolute Gasteiger partial charge is 0.371 e. The van der Waals surface area contributed by atoms with Crippen molar-refractivity contribution in [2.45, 2.75) is 6.92 Å². The molecule has 0 unspecified atom stereocenters. The van der Waals surface area contributed by atoms with E-state index in [9.17, 15) is 0 Å². The van der Waals surface area contributed by atoms with E-state index in [1.165, 1.54) is 0 Å². The zero-order chi connectivity index (χ0) is 8.97. The van der Waals surface area contributed by atoms with Crippen molar-refractivity contribution < 1.29 is 0 Å². The van der Waals surface area contributed by atoms with Crippen LogP contribution in [0.4, 0.5) is 5.82 Å². The van der Waals surface area contributed by atoms with Gasteiger partial charge in [-0.05, 0) is 13.0 Å². The topological polar surface area (TPSA) is 40.7 Å². The van der Waals surface area contributed by atoms with Crippen molar-refractivity contribution in [3.63, 3.8) is 0 Å². The predicted molar refractivity (Wildman–Crippen MR) is 52.9 cm³/mol. The summed E-state index contributed by atoms with van der Waals surface area (Å²) < 4.78 is 0. The number of rotatable bonds is 3. The average molecular weight is 163 g/mol. The Hall–Kier alpha value is -1.51. The molecule has 12 heavy (non-hydrogen) atoms. The van der Waals surface area contributed by atoms with E-state index < -0.39 is 0 Å². The van der Waals surface area contributed by atoms with E-state index in [0.717, 1.165) is 17.1 Å². The molecule has 1 rings (SSSR count). The Bertz CT molecular complexity index is 297. The van der Waals surface area contributed by atoms with E-state index >= 15 is 0 Å². The number of hydrogen-bond acceptors (Lipinski definition) is 2. The Kier molecular flexibility index (Phi) is 2.69. The van der Waals surface area contributed by atoms with Gasteiger partial charge in [-0.15, -0.1) is 0 Å². The molecule has 0 spiro atoms.